The Kier molecular flexibility index (Phi) is 4.70. The highest BCUT2D eigenvalue weighted by Crippen LogP contribution is 2.22. The maximum absolute atomic E-state index is 5.71. The zero-order chi connectivity index (χ0) is 12.3. The van der Waals surface area contributed by atoms with Gasteiger partial charge in [-0.25, -0.2) is 0 Å². The predicted molar refractivity (Wildman–Crippen MR) is 73.8 cm³/mol. The molecule has 0 saturated carbocycles. The first-order valence-corrected chi connectivity index (χ1v) is 7.29. The summed E-state index contributed by atoms with van der Waals surface area (Å²) in [4.78, 5) is 6.97. The number of morpholine rings is 1. The lowest BCUT2D eigenvalue weighted by Gasteiger charge is -2.30. The molecule has 0 spiro atoms. The summed E-state index contributed by atoms with van der Waals surface area (Å²) in [5.41, 5.74) is 0. The molecule has 98 valence electrons. The molecule has 0 amide bonds. The van der Waals surface area contributed by atoms with Gasteiger partial charge in [0.1, 0.15) is 0 Å². The second-order valence-corrected chi connectivity index (χ2v) is 6.54. The Hall–Kier alpha value is -0.260. The lowest BCUT2D eigenvalue weighted by Crippen LogP contribution is -2.42. The highest BCUT2D eigenvalue weighted by Gasteiger charge is 2.21. The van der Waals surface area contributed by atoms with Crippen molar-refractivity contribution in [2.45, 2.75) is 37.7 Å². The fourth-order valence-corrected chi connectivity index (χ4v) is 3.47. The summed E-state index contributed by atoms with van der Waals surface area (Å²) in [6.07, 6.45) is 1.47. The number of ether oxygens (including phenoxy) is 1. The van der Waals surface area contributed by atoms with Crippen LogP contribution < -0.4 is 5.32 Å². The maximum Gasteiger partial charge on any atom is 0.157 e. The Labute approximate surface area is 108 Å². The van der Waals surface area contributed by atoms with E-state index in [1.54, 1.807) is 0 Å². The molecule has 2 rings (SSSR count). The molecule has 2 saturated heterocycles. The van der Waals surface area contributed by atoms with Crippen molar-refractivity contribution in [3.63, 3.8) is 0 Å². The van der Waals surface area contributed by atoms with E-state index < -0.39 is 0 Å². The van der Waals surface area contributed by atoms with Gasteiger partial charge >= 0.3 is 0 Å². The van der Waals surface area contributed by atoms with Crippen LogP contribution in [0.15, 0.2) is 4.99 Å². The number of aliphatic imine (C=N–C) groups is 1. The van der Waals surface area contributed by atoms with Crippen molar-refractivity contribution in [2.75, 3.05) is 33.3 Å². The van der Waals surface area contributed by atoms with Gasteiger partial charge in [-0.15, -0.1) is 0 Å². The van der Waals surface area contributed by atoms with Crippen molar-refractivity contribution in [3.8, 4) is 0 Å². The van der Waals surface area contributed by atoms with E-state index in [0.717, 1.165) is 31.4 Å². The van der Waals surface area contributed by atoms with Crippen LogP contribution in [-0.4, -0.2) is 60.8 Å². The van der Waals surface area contributed by atoms with E-state index in [4.69, 9.17) is 4.74 Å². The Morgan fingerprint density at radius 1 is 1.53 bits per heavy atom. The van der Waals surface area contributed by atoms with Crippen LogP contribution in [0.25, 0.3) is 0 Å². The van der Waals surface area contributed by atoms with E-state index in [0.29, 0.717) is 11.3 Å². The molecule has 2 heterocycles. The quantitative estimate of drug-likeness (QED) is 0.806. The minimum atomic E-state index is 0.260. The topological polar surface area (TPSA) is 36.9 Å². The third kappa shape index (κ3) is 4.16. The molecular formula is C12H23N3OS. The fourth-order valence-electron chi connectivity index (χ4n) is 2.29. The van der Waals surface area contributed by atoms with Crippen molar-refractivity contribution < 1.29 is 4.74 Å². The van der Waals surface area contributed by atoms with Crippen LogP contribution in [0.4, 0.5) is 0 Å². The summed E-state index contributed by atoms with van der Waals surface area (Å²) < 4.78 is 5.71. The fraction of sp³-hybridized carbons (Fsp3) is 0.917. The van der Waals surface area contributed by atoms with Crippen molar-refractivity contribution >= 4 is 16.9 Å². The second kappa shape index (κ2) is 6.07. The van der Waals surface area contributed by atoms with Crippen molar-refractivity contribution in [1.82, 2.24) is 10.2 Å². The minimum Gasteiger partial charge on any atom is -0.374 e. The van der Waals surface area contributed by atoms with Crippen LogP contribution in [-0.2, 0) is 4.74 Å². The van der Waals surface area contributed by atoms with Gasteiger partial charge in [0.15, 0.2) is 5.17 Å². The van der Waals surface area contributed by atoms with E-state index in [9.17, 15) is 0 Å². The van der Waals surface area contributed by atoms with Gasteiger partial charge in [-0.05, 0) is 20.4 Å². The van der Waals surface area contributed by atoms with Gasteiger partial charge in [0.2, 0.25) is 0 Å². The predicted octanol–water partition coefficient (Wildman–Crippen LogP) is 1.18. The van der Waals surface area contributed by atoms with Crippen molar-refractivity contribution in [3.05, 3.63) is 0 Å². The van der Waals surface area contributed by atoms with E-state index in [1.807, 2.05) is 11.8 Å². The van der Waals surface area contributed by atoms with E-state index >= 15 is 0 Å². The number of hydrogen-bond acceptors (Lipinski definition) is 4. The summed E-state index contributed by atoms with van der Waals surface area (Å²) in [6, 6.07) is 0.542. The summed E-state index contributed by atoms with van der Waals surface area (Å²) in [5, 5.41) is 5.20. The number of amidine groups is 1. The Balaban J connectivity index is 1.82. The Morgan fingerprint density at radius 3 is 3.06 bits per heavy atom. The highest BCUT2D eigenvalue weighted by molar-refractivity contribution is 8.14. The van der Waals surface area contributed by atoms with Gasteiger partial charge in [-0.3, -0.25) is 4.99 Å². The number of nitrogens with one attached hydrogen (secondary N) is 1. The van der Waals surface area contributed by atoms with Gasteiger partial charge in [-0.2, -0.15) is 0 Å². The van der Waals surface area contributed by atoms with E-state index in [2.05, 4.69) is 36.1 Å². The number of rotatable bonds is 2. The molecule has 0 radical (unpaired) electrons. The molecule has 2 aliphatic rings. The summed E-state index contributed by atoms with van der Waals surface area (Å²) >= 11 is 1.85. The zero-order valence-electron chi connectivity index (χ0n) is 11.0. The second-order valence-electron chi connectivity index (χ2n) is 5.11. The summed E-state index contributed by atoms with van der Waals surface area (Å²) in [7, 11) is 2.14. The van der Waals surface area contributed by atoms with Crippen molar-refractivity contribution in [1.29, 1.82) is 0 Å². The normalized spacial score (nSPS) is 38.1. The van der Waals surface area contributed by atoms with E-state index in [-0.39, 0.29) is 6.10 Å². The van der Waals surface area contributed by atoms with Gasteiger partial charge in [0.25, 0.3) is 0 Å². The molecule has 5 heteroatoms. The van der Waals surface area contributed by atoms with Crippen molar-refractivity contribution in [2.24, 2.45) is 4.99 Å². The van der Waals surface area contributed by atoms with Crippen LogP contribution >= 0.6 is 11.8 Å². The number of hydrogen-bond donors (Lipinski definition) is 1. The van der Waals surface area contributed by atoms with Gasteiger partial charge in [-0.1, -0.05) is 18.7 Å². The molecule has 0 aromatic heterocycles. The van der Waals surface area contributed by atoms with Crippen LogP contribution in [0.1, 0.15) is 20.3 Å². The average Bonchev–Trinajstić information content (AvgIpc) is 2.25. The molecule has 2 aliphatic heterocycles. The third-order valence-corrected chi connectivity index (χ3v) is 4.21. The lowest BCUT2D eigenvalue weighted by molar-refractivity contribution is -0.0135. The third-order valence-electron chi connectivity index (χ3n) is 3.15. The first-order valence-electron chi connectivity index (χ1n) is 6.41. The molecule has 1 N–H and O–H groups in total. The van der Waals surface area contributed by atoms with Crippen LogP contribution in [0, 0.1) is 0 Å². The van der Waals surface area contributed by atoms with Gasteiger partial charge in [0.05, 0.1) is 19.3 Å². The SMILES string of the molecule is CC1CC(C)SC(=NCC2CN(C)CCO2)N1. The first kappa shape index (κ1) is 13.2. The zero-order valence-corrected chi connectivity index (χ0v) is 11.8. The molecular weight excluding hydrogens is 234 g/mol. The molecule has 0 bridgehead atoms. The van der Waals surface area contributed by atoms with Crippen LogP contribution in [0.2, 0.25) is 0 Å². The number of thioether (sulfide) groups is 1. The van der Waals surface area contributed by atoms with Crippen LogP contribution in [0.3, 0.4) is 0 Å². The largest absolute Gasteiger partial charge is 0.374 e. The first-order chi connectivity index (χ1) is 8.13. The number of nitrogens with zero attached hydrogens (tertiary/aromatic N) is 2. The smallest absolute Gasteiger partial charge is 0.157 e. The maximum atomic E-state index is 5.71. The molecule has 3 atom stereocenters. The molecule has 2 fully saturated rings. The minimum absolute atomic E-state index is 0.260. The summed E-state index contributed by atoms with van der Waals surface area (Å²) in [5.74, 6) is 0. The molecule has 0 aromatic rings. The van der Waals surface area contributed by atoms with Gasteiger partial charge in [0, 0.05) is 24.4 Å². The summed E-state index contributed by atoms with van der Waals surface area (Å²) in [6.45, 7) is 8.12. The monoisotopic (exact) mass is 257 g/mol. The Bertz CT molecular complexity index is 273. The molecule has 4 nitrogen and oxygen atoms in total. The molecule has 17 heavy (non-hydrogen) atoms. The standard InChI is InChI=1S/C12H23N3OS/c1-9-6-10(2)17-12(14-9)13-7-11-8-15(3)4-5-16-11/h9-11H,4-8H2,1-3H3,(H,13,14). The Morgan fingerprint density at radius 2 is 2.35 bits per heavy atom. The number of likely N-dealkylation sites (N-methyl/N-ethyl adjacent to an activating group) is 1. The molecule has 0 aromatic carbocycles. The van der Waals surface area contributed by atoms with E-state index in [1.165, 1.54) is 6.42 Å². The highest BCUT2D eigenvalue weighted by atomic mass is 32.2. The van der Waals surface area contributed by atoms with Crippen LogP contribution in [0.5, 0.6) is 0 Å². The van der Waals surface area contributed by atoms with Gasteiger partial charge < -0.3 is 15.0 Å². The lowest BCUT2D eigenvalue weighted by atomic mass is 10.2. The average molecular weight is 257 g/mol. The molecule has 3 unspecified atom stereocenters. The molecule has 0 aliphatic carbocycles.